The topological polar surface area (TPSA) is 51.0 Å². The van der Waals surface area contributed by atoms with Gasteiger partial charge in [0, 0.05) is 24.4 Å². The van der Waals surface area contributed by atoms with Crippen molar-refractivity contribution in [2.24, 2.45) is 0 Å². The van der Waals surface area contributed by atoms with Crippen molar-refractivity contribution in [3.05, 3.63) is 11.8 Å². The smallest absolute Gasteiger partial charge is 0.219 e. The zero-order valence-corrected chi connectivity index (χ0v) is 12.4. The summed E-state index contributed by atoms with van der Waals surface area (Å²) in [6, 6.07) is 0. The summed E-state index contributed by atoms with van der Waals surface area (Å²) in [5, 5.41) is 11.7. The molecule has 0 bridgehead atoms. The van der Waals surface area contributed by atoms with Gasteiger partial charge in [0.2, 0.25) is 11.8 Å². The minimum atomic E-state index is 0.136. The van der Waals surface area contributed by atoms with E-state index in [1.54, 1.807) is 0 Å². The standard InChI is InChI=1S/C14H27N3O/c1-6-7-8-11(2)13-17-16-12(18-13)9-10-15-14(3,4)5/h11,15H,6-10H2,1-5H3. The van der Waals surface area contributed by atoms with Crippen molar-refractivity contribution in [3.8, 4) is 0 Å². The fraction of sp³-hybridized carbons (Fsp3) is 0.857. The predicted molar refractivity (Wildman–Crippen MR) is 73.7 cm³/mol. The molecule has 1 N–H and O–H groups in total. The molecule has 1 rings (SSSR count). The molecular formula is C14H27N3O. The molecule has 0 aliphatic rings. The third-order valence-corrected chi connectivity index (χ3v) is 2.89. The zero-order valence-electron chi connectivity index (χ0n) is 12.4. The van der Waals surface area contributed by atoms with Gasteiger partial charge in [0.05, 0.1) is 0 Å². The van der Waals surface area contributed by atoms with E-state index in [4.69, 9.17) is 4.42 Å². The largest absolute Gasteiger partial charge is 0.425 e. The molecule has 1 aromatic rings. The van der Waals surface area contributed by atoms with Gasteiger partial charge in [0.1, 0.15) is 0 Å². The summed E-state index contributed by atoms with van der Waals surface area (Å²) in [5.41, 5.74) is 0.136. The van der Waals surface area contributed by atoms with E-state index in [9.17, 15) is 0 Å². The number of aromatic nitrogens is 2. The molecule has 0 aromatic carbocycles. The fourth-order valence-electron chi connectivity index (χ4n) is 1.74. The Morgan fingerprint density at radius 2 is 2.00 bits per heavy atom. The van der Waals surface area contributed by atoms with Crippen LogP contribution in [0.2, 0.25) is 0 Å². The van der Waals surface area contributed by atoms with Crippen LogP contribution >= 0.6 is 0 Å². The lowest BCUT2D eigenvalue weighted by Gasteiger charge is -2.19. The van der Waals surface area contributed by atoms with Crippen molar-refractivity contribution in [1.82, 2.24) is 15.5 Å². The first-order valence-corrected chi connectivity index (χ1v) is 6.99. The molecule has 1 aromatic heterocycles. The van der Waals surface area contributed by atoms with Gasteiger partial charge in [-0.3, -0.25) is 0 Å². The summed E-state index contributed by atoms with van der Waals surface area (Å²) in [4.78, 5) is 0. The predicted octanol–water partition coefficient (Wildman–Crippen LogP) is 3.29. The van der Waals surface area contributed by atoms with Crippen molar-refractivity contribution in [2.75, 3.05) is 6.54 Å². The van der Waals surface area contributed by atoms with Gasteiger partial charge in [0.15, 0.2) is 0 Å². The van der Waals surface area contributed by atoms with Crippen LogP contribution < -0.4 is 5.32 Å². The summed E-state index contributed by atoms with van der Waals surface area (Å²) in [5.74, 6) is 1.90. The molecule has 0 fully saturated rings. The highest BCUT2D eigenvalue weighted by atomic mass is 16.4. The minimum Gasteiger partial charge on any atom is -0.425 e. The Hall–Kier alpha value is -0.900. The lowest BCUT2D eigenvalue weighted by molar-refractivity contribution is 0.387. The van der Waals surface area contributed by atoms with Gasteiger partial charge in [-0.05, 0) is 27.2 Å². The van der Waals surface area contributed by atoms with Gasteiger partial charge < -0.3 is 9.73 Å². The maximum Gasteiger partial charge on any atom is 0.219 e. The molecule has 4 nitrogen and oxygen atoms in total. The van der Waals surface area contributed by atoms with Crippen molar-refractivity contribution < 1.29 is 4.42 Å². The molecule has 0 saturated heterocycles. The Labute approximate surface area is 111 Å². The molecule has 0 aliphatic heterocycles. The van der Waals surface area contributed by atoms with Crippen LogP contribution in [0.15, 0.2) is 4.42 Å². The minimum absolute atomic E-state index is 0.136. The summed E-state index contributed by atoms with van der Waals surface area (Å²) in [7, 11) is 0. The van der Waals surface area contributed by atoms with E-state index < -0.39 is 0 Å². The molecule has 1 heterocycles. The number of rotatable bonds is 7. The molecule has 104 valence electrons. The second-order valence-corrected chi connectivity index (χ2v) is 6.00. The van der Waals surface area contributed by atoms with Crippen LogP contribution in [0.3, 0.4) is 0 Å². The maximum absolute atomic E-state index is 5.69. The van der Waals surface area contributed by atoms with Crippen LogP contribution in [-0.4, -0.2) is 22.3 Å². The zero-order chi connectivity index (χ0) is 13.6. The lowest BCUT2D eigenvalue weighted by Crippen LogP contribution is -2.37. The first-order chi connectivity index (χ1) is 8.42. The summed E-state index contributed by atoms with van der Waals surface area (Å²) < 4.78 is 5.69. The molecule has 18 heavy (non-hydrogen) atoms. The van der Waals surface area contributed by atoms with Crippen LogP contribution in [0.4, 0.5) is 0 Å². The molecule has 0 amide bonds. The van der Waals surface area contributed by atoms with Gasteiger partial charge in [-0.25, -0.2) is 0 Å². The maximum atomic E-state index is 5.69. The highest BCUT2D eigenvalue weighted by Crippen LogP contribution is 2.20. The van der Waals surface area contributed by atoms with Crippen LogP contribution in [0, 0.1) is 0 Å². The Morgan fingerprint density at radius 3 is 2.61 bits per heavy atom. The van der Waals surface area contributed by atoms with E-state index in [0.717, 1.165) is 31.2 Å². The Balaban J connectivity index is 2.38. The highest BCUT2D eigenvalue weighted by molar-refractivity contribution is 4.90. The van der Waals surface area contributed by atoms with Crippen molar-refractivity contribution in [1.29, 1.82) is 0 Å². The normalized spacial score (nSPS) is 13.8. The Kier molecular flexibility index (Phi) is 5.79. The fourth-order valence-corrected chi connectivity index (χ4v) is 1.74. The Morgan fingerprint density at radius 1 is 1.28 bits per heavy atom. The van der Waals surface area contributed by atoms with Crippen LogP contribution in [0.5, 0.6) is 0 Å². The van der Waals surface area contributed by atoms with E-state index in [0.29, 0.717) is 5.92 Å². The average Bonchev–Trinajstić information content (AvgIpc) is 2.73. The second-order valence-electron chi connectivity index (χ2n) is 6.00. The summed E-state index contributed by atoms with van der Waals surface area (Å²) in [6.45, 7) is 11.7. The number of hydrogen-bond acceptors (Lipinski definition) is 4. The van der Waals surface area contributed by atoms with E-state index in [1.165, 1.54) is 12.8 Å². The summed E-state index contributed by atoms with van der Waals surface area (Å²) in [6.07, 6.45) is 4.34. The van der Waals surface area contributed by atoms with Crippen LogP contribution in [-0.2, 0) is 6.42 Å². The first kappa shape index (κ1) is 15.2. The van der Waals surface area contributed by atoms with Crippen molar-refractivity contribution >= 4 is 0 Å². The molecular weight excluding hydrogens is 226 g/mol. The van der Waals surface area contributed by atoms with Gasteiger partial charge in [0.25, 0.3) is 0 Å². The third kappa shape index (κ3) is 5.63. The number of nitrogens with one attached hydrogen (secondary N) is 1. The van der Waals surface area contributed by atoms with Crippen molar-refractivity contribution in [3.63, 3.8) is 0 Å². The van der Waals surface area contributed by atoms with Crippen LogP contribution in [0.1, 0.15) is 71.6 Å². The third-order valence-electron chi connectivity index (χ3n) is 2.89. The molecule has 0 saturated carbocycles. The molecule has 1 atom stereocenters. The van der Waals surface area contributed by atoms with E-state index in [1.807, 2.05) is 0 Å². The summed E-state index contributed by atoms with van der Waals surface area (Å²) >= 11 is 0. The monoisotopic (exact) mass is 253 g/mol. The SMILES string of the molecule is CCCCC(C)c1nnc(CCNC(C)(C)C)o1. The van der Waals surface area contributed by atoms with E-state index in [2.05, 4.69) is 50.1 Å². The van der Waals surface area contributed by atoms with E-state index in [-0.39, 0.29) is 5.54 Å². The molecule has 0 aliphatic carbocycles. The quantitative estimate of drug-likeness (QED) is 0.810. The van der Waals surface area contributed by atoms with Gasteiger partial charge in [-0.2, -0.15) is 0 Å². The Bertz CT molecular complexity index is 341. The number of unbranched alkanes of at least 4 members (excludes halogenated alkanes) is 1. The lowest BCUT2D eigenvalue weighted by atomic mass is 10.1. The number of nitrogens with zero attached hydrogens (tertiary/aromatic N) is 2. The van der Waals surface area contributed by atoms with Crippen molar-refractivity contribution in [2.45, 2.75) is 71.8 Å². The molecule has 0 spiro atoms. The second kappa shape index (κ2) is 6.88. The van der Waals surface area contributed by atoms with Crippen LogP contribution in [0.25, 0.3) is 0 Å². The van der Waals surface area contributed by atoms with Gasteiger partial charge in [-0.15, -0.1) is 10.2 Å². The highest BCUT2D eigenvalue weighted by Gasteiger charge is 2.14. The van der Waals surface area contributed by atoms with Gasteiger partial charge in [-0.1, -0.05) is 26.7 Å². The first-order valence-electron chi connectivity index (χ1n) is 6.99. The number of hydrogen-bond donors (Lipinski definition) is 1. The molecule has 4 heteroatoms. The van der Waals surface area contributed by atoms with E-state index >= 15 is 0 Å². The average molecular weight is 253 g/mol. The molecule has 0 radical (unpaired) electrons. The molecule has 1 unspecified atom stereocenters. The van der Waals surface area contributed by atoms with Gasteiger partial charge >= 0.3 is 0 Å².